The van der Waals surface area contributed by atoms with E-state index in [0.717, 1.165) is 17.5 Å². The molecule has 0 saturated carbocycles. The Labute approximate surface area is 225 Å². The summed E-state index contributed by atoms with van der Waals surface area (Å²) < 4.78 is 38.2. The number of nitrogens with one attached hydrogen (secondary N) is 2. The van der Waals surface area contributed by atoms with Crippen LogP contribution >= 0.6 is 23.8 Å². The first-order chi connectivity index (χ1) is 17.7. The van der Waals surface area contributed by atoms with Crippen LogP contribution in [-0.4, -0.2) is 31.9 Å². The van der Waals surface area contributed by atoms with Crippen molar-refractivity contribution >= 4 is 50.3 Å². The van der Waals surface area contributed by atoms with Crippen LogP contribution in [0, 0.1) is 0 Å². The van der Waals surface area contributed by atoms with Crippen LogP contribution in [-0.2, 0) is 10.0 Å². The fraction of sp³-hybridized carbons (Fsp3) is 0.154. The largest absolute Gasteiger partial charge is 0.495 e. The van der Waals surface area contributed by atoms with Crippen molar-refractivity contribution in [2.24, 2.45) is 0 Å². The number of halogens is 1. The number of rotatable bonds is 7. The summed E-state index contributed by atoms with van der Waals surface area (Å²) in [5.41, 5.74) is 2.61. The number of hydrogen-bond donors (Lipinski definition) is 2. The summed E-state index contributed by atoms with van der Waals surface area (Å²) >= 11 is 11.8. The molecule has 1 aliphatic rings. The fourth-order valence-corrected chi connectivity index (χ4v) is 5.36. The predicted octanol–water partition coefficient (Wildman–Crippen LogP) is 5.55. The Morgan fingerprint density at radius 2 is 1.89 bits per heavy atom. The van der Waals surface area contributed by atoms with E-state index in [-0.39, 0.29) is 6.04 Å². The number of hydrogen-bond acceptors (Lipinski definition) is 6. The van der Waals surface area contributed by atoms with E-state index in [1.807, 2.05) is 65.6 Å². The Hall–Kier alpha value is -3.60. The summed E-state index contributed by atoms with van der Waals surface area (Å²) in [5.74, 6) is 1.72. The molecule has 0 unspecified atom stereocenters. The summed E-state index contributed by atoms with van der Waals surface area (Å²) in [6, 6.07) is 21.3. The number of methoxy groups -OCH3 is 1. The van der Waals surface area contributed by atoms with Crippen molar-refractivity contribution in [1.82, 2.24) is 10.3 Å². The van der Waals surface area contributed by atoms with E-state index in [2.05, 4.69) is 15.0 Å². The van der Waals surface area contributed by atoms with Gasteiger partial charge in [0.25, 0.3) is 0 Å². The number of aromatic nitrogens is 1. The molecule has 1 saturated heterocycles. The molecule has 0 radical (unpaired) electrons. The van der Waals surface area contributed by atoms with Gasteiger partial charge in [-0.2, -0.15) is 0 Å². The van der Waals surface area contributed by atoms with Crippen LogP contribution in [0.15, 0.2) is 83.4 Å². The van der Waals surface area contributed by atoms with Crippen molar-refractivity contribution in [3.63, 3.8) is 0 Å². The molecule has 1 aliphatic heterocycles. The molecule has 8 nitrogen and oxygen atoms in total. The summed E-state index contributed by atoms with van der Waals surface area (Å²) in [6.07, 6.45) is 2.81. The van der Waals surface area contributed by atoms with E-state index in [9.17, 15) is 8.42 Å². The van der Waals surface area contributed by atoms with Crippen LogP contribution in [0.1, 0.15) is 23.5 Å². The summed E-state index contributed by atoms with van der Waals surface area (Å²) in [6.45, 7) is 0. The zero-order valence-corrected chi connectivity index (χ0v) is 22.3. The van der Waals surface area contributed by atoms with E-state index in [0.29, 0.717) is 38.8 Å². The van der Waals surface area contributed by atoms with E-state index >= 15 is 0 Å². The highest BCUT2D eigenvalue weighted by atomic mass is 35.5. The molecule has 3 heterocycles. The van der Waals surface area contributed by atoms with Gasteiger partial charge < -0.3 is 19.4 Å². The van der Waals surface area contributed by atoms with Gasteiger partial charge in [-0.05, 0) is 78.9 Å². The second-order valence-corrected chi connectivity index (χ2v) is 11.0. The van der Waals surface area contributed by atoms with Gasteiger partial charge in [0.2, 0.25) is 10.0 Å². The van der Waals surface area contributed by atoms with Gasteiger partial charge in [-0.1, -0.05) is 17.7 Å². The van der Waals surface area contributed by atoms with Crippen molar-refractivity contribution < 1.29 is 17.6 Å². The highest BCUT2D eigenvalue weighted by Crippen LogP contribution is 2.44. The average molecular weight is 555 g/mol. The highest BCUT2D eigenvalue weighted by Gasteiger charge is 2.42. The molecule has 190 valence electrons. The summed E-state index contributed by atoms with van der Waals surface area (Å²) in [4.78, 5) is 6.45. The number of ether oxygens (including phenoxy) is 1. The average Bonchev–Trinajstić information content (AvgIpc) is 3.48. The molecular weight excluding hydrogens is 532 g/mol. The summed E-state index contributed by atoms with van der Waals surface area (Å²) in [5, 5.41) is 4.45. The van der Waals surface area contributed by atoms with E-state index < -0.39 is 16.1 Å². The van der Waals surface area contributed by atoms with Crippen LogP contribution in [0.25, 0.3) is 11.3 Å². The van der Waals surface area contributed by atoms with Gasteiger partial charge in [0.1, 0.15) is 23.3 Å². The minimum absolute atomic E-state index is 0.298. The first-order valence-corrected chi connectivity index (χ1v) is 13.9. The molecule has 4 aromatic rings. The lowest BCUT2D eigenvalue weighted by atomic mass is 10.0. The molecule has 37 heavy (non-hydrogen) atoms. The zero-order valence-electron chi connectivity index (χ0n) is 19.9. The lowest BCUT2D eigenvalue weighted by Gasteiger charge is -2.27. The Morgan fingerprint density at radius 1 is 1.11 bits per heavy atom. The van der Waals surface area contributed by atoms with Gasteiger partial charge in [-0.25, -0.2) is 8.42 Å². The third-order valence-corrected chi connectivity index (χ3v) is 7.06. The molecule has 0 aliphatic carbocycles. The summed E-state index contributed by atoms with van der Waals surface area (Å²) in [7, 11) is -2.07. The molecule has 0 bridgehead atoms. The minimum atomic E-state index is -3.55. The van der Waals surface area contributed by atoms with Gasteiger partial charge in [0.15, 0.2) is 5.11 Å². The number of thiocarbonyl (C=S) groups is 1. The minimum Gasteiger partial charge on any atom is -0.495 e. The molecule has 2 aromatic heterocycles. The van der Waals surface area contributed by atoms with Crippen LogP contribution < -0.4 is 19.7 Å². The van der Waals surface area contributed by atoms with Gasteiger partial charge in [-0.15, -0.1) is 0 Å². The van der Waals surface area contributed by atoms with Gasteiger partial charge in [-0.3, -0.25) is 9.71 Å². The van der Waals surface area contributed by atoms with Crippen LogP contribution in [0.4, 0.5) is 11.4 Å². The quantitative estimate of drug-likeness (QED) is 0.287. The molecule has 2 aromatic carbocycles. The maximum Gasteiger partial charge on any atom is 0.229 e. The molecule has 5 rings (SSSR count). The Morgan fingerprint density at radius 3 is 2.57 bits per heavy atom. The van der Waals surface area contributed by atoms with Gasteiger partial charge >= 0.3 is 0 Å². The molecule has 2 N–H and O–H groups in total. The molecule has 0 amide bonds. The number of anilines is 2. The second kappa shape index (κ2) is 10.0. The van der Waals surface area contributed by atoms with Crippen LogP contribution in [0.3, 0.4) is 0 Å². The van der Waals surface area contributed by atoms with Crippen molar-refractivity contribution in [1.29, 1.82) is 0 Å². The highest BCUT2D eigenvalue weighted by molar-refractivity contribution is 7.92. The van der Waals surface area contributed by atoms with Crippen LogP contribution in [0.2, 0.25) is 5.02 Å². The van der Waals surface area contributed by atoms with Crippen LogP contribution in [0.5, 0.6) is 5.75 Å². The lowest BCUT2D eigenvalue weighted by molar-refractivity contribution is 0.416. The normalized spacial score (nSPS) is 17.5. The third kappa shape index (κ3) is 5.27. The lowest BCUT2D eigenvalue weighted by Crippen LogP contribution is -2.29. The molecular formula is C26H23ClN4O4S2. The second-order valence-electron chi connectivity index (χ2n) is 8.46. The monoisotopic (exact) mass is 554 g/mol. The van der Waals surface area contributed by atoms with Crippen molar-refractivity contribution in [2.45, 2.75) is 12.1 Å². The Bertz CT molecular complexity index is 1540. The first-order valence-electron chi connectivity index (χ1n) is 11.3. The van der Waals surface area contributed by atoms with Crippen molar-refractivity contribution in [3.8, 4) is 17.1 Å². The molecule has 2 atom stereocenters. The Kier molecular flexibility index (Phi) is 6.80. The number of nitrogens with zero attached hydrogens (tertiary/aromatic N) is 2. The Balaban J connectivity index is 1.61. The smallest absolute Gasteiger partial charge is 0.229 e. The maximum absolute atomic E-state index is 12.0. The number of furan rings is 1. The molecule has 11 heteroatoms. The molecule has 1 fully saturated rings. The van der Waals surface area contributed by atoms with Crippen molar-refractivity contribution in [3.05, 3.63) is 95.5 Å². The SMILES string of the molecule is COc1ccc(N2C(=S)N[C@@H](c3ccccn3)[C@H]2c2ccc(-c3ccc(Cl)cc3)o2)cc1NS(C)(=O)=O. The topological polar surface area (TPSA) is 96.7 Å². The third-order valence-electron chi connectivity index (χ3n) is 5.90. The van der Waals surface area contributed by atoms with Gasteiger partial charge in [0, 0.05) is 22.5 Å². The maximum atomic E-state index is 12.0. The zero-order chi connectivity index (χ0) is 26.2. The molecule has 0 spiro atoms. The van der Waals surface area contributed by atoms with E-state index in [1.165, 1.54) is 7.11 Å². The predicted molar refractivity (Wildman–Crippen MR) is 149 cm³/mol. The number of pyridine rings is 1. The van der Waals surface area contributed by atoms with Gasteiger partial charge in [0.05, 0.1) is 30.8 Å². The van der Waals surface area contributed by atoms with E-state index in [1.54, 1.807) is 18.3 Å². The standard InChI is InChI=1S/C26H23ClN4O4S2/c1-34-22-11-10-18(15-20(22)30-37(2,32)33)31-25(24(29-26(31)36)19-5-3-4-14-28-19)23-13-12-21(35-23)16-6-8-17(27)9-7-16/h3-15,24-25,30H,1-2H3,(H,29,36)/t24-,25+/m0/s1. The number of benzene rings is 2. The fourth-order valence-electron chi connectivity index (χ4n) is 4.33. The number of sulfonamides is 1. The first kappa shape index (κ1) is 25.1. The van der Waals surface area contributed by atoms with E-state index in [4.69, 9.17) is 33.0 Å². The van der Waals surface area contributed by atoms with Crippen molar-refractivity contribution in [2.75, 3.05) is 23.0 Å².